The largest absolute Gasteiger partial charge is 0.497 e. The Kier molecular flexibility index (Phi) is 8.52. The van der Waals surface area contributed by atoms with E-state index in [0.29, 0.717) is 30.9 Å². The van der Waals surface area contributed by atoms with Crippen molar-refractivity contribution < 1.29 is 14.3 Å². The summed E-state index contributed by atoms with van der Waals surface area (Å²) in [5, 5.41) is 13.2. The number of esters is 1. The van der Waals surface area contributed by atoms with Gasteiger partial charge in [0.05, 0.1) is 25.3 Å². The zero-order valence-electron chi connectivity index (χ0n) is 22.5. The fraction of sp³-hybridized carbons (Fsp3) is 0.393. The molecular formula is C28H34N6O4. The Morgan fingerprint density at radius 1 is 1.11 bits per heavy atom. The molecule has 0 bridgehead atoms. The lowest BCUT2D eigenvalue weighted by atomic mass is 10.0. The average Bonchev–Trinajstić information content (AvgIpc) is 3.33. The van der Waals surface area contributed by atoms with Crippen molar-refractivity contribution in [1.82, 2.24) is 30.1 Å². The maximum absolute atomic E-state index is 13.2. The van der Waals surface area contributed by atoms with Crippen LogP contribution in [-0.4, -0.2) is 49.8 Å². The molecule has 2 aromatic heterocycles. The second-order valence-electron chi connectivity index (χ2n) is 9.35. The van der Waals surface area contributed by atoms with Crippen molar-refractivity contribution in [3.63, 3.8) is 0 Å². The van der Waals surface area contributed by atoms with Crippen LogP contribution in [0.4, 0.5) is 0 Å². The molecule has 38 heavy (non-hydrogen) atoms. The van der Waals surface area contributed by atoms with Gasteiger partial charge in [-0.25, -0.2) is 4.68 Å². The quantitative estimate of drug-likeness (QED) is 0.298. The van der Waals surface area contributed by atoms with E-state index < -0.39 is 5.97 Å². The number of nitrogens with zero attached hydrogens (tertiary/aromatic N) is 5. The summed E-state index contributed by atoms with van der Waals surface area (Å²) in [5.74, 6) is 0.898. The number of methoxy groups -OCH3 is 1. The van der Waals surface area contributed by atoms with Gasteiger partial charge < -0.3 is 14.5 Å². The monoisotopic (exact) mass is 518 g/mol. The van der Waals surface area contributed by atoms with E-state index in [-0.39, 0.29) is 24.8 Å². The highest BCUT2D eigenvalue weighted by Gasteiger charge is 2.27. The Morgan fingerprint density at radius 2 is 1.87 bits per heavy atom. The summed E-state index contributed by atoms with van der Waals surface area (Å²) >= 11 is 0. The minimum atomic E-state index is -0.408. The van der Waals surface area contributed by atoms with Crippen LogP contribution < -0.4 is 10.3 Å². The maximum atomic E-state index is 13.2. The SMILES string of the molecule is CCOC(=O)Cn1nnnc1[C@@H](CC)N(Cc1ccc(OC)cc1)Cc1cc2cc(C)cc(C)c2[nH]c1=O. The summed E-state index contributed by atoms with van der Waals surface area (Å²) in [6, 6.07) is 13.6. The van der Waals surface area contributed by atoms with Crippen LogP contribution in [0.5, 0.6) is 5.75 Å². The lowest BCUT2D eigenvalue weighted by Crippen LogP contribution is -2.33. The molecule has 2 heterocycles. The van der Waals surface area contributed by atoms with Crippen LogP contribution in [0.25, 0.3) is 10.9 Å². The zero-order valence-corrected chi connectivity index (χ0v) is 22.5. The molecule has 0 fully saturated rings. The lowest BCUT2D eigenvalue weighted by Gasteiger charge is -2.30. The highest BCUT2D eigenvalue weighted by Crippen LogP contribution is 2.27. The smallest absolute Gasteiger partial charge is 0.327 e. The van der Waals surface area contributed by atoms with E-state index in [9.17, 15) is 9.59 Å². The molecule has 4 rings (SSSR count). The molecular weight excluding hydrogens is 484 g/mol. The number of carbonyl (C=O) groups excluding carboxylic acids is 1. The number of ether oxygens (including phenoxy) is 2. The van der Waals surface area contributed by atoms with Gasteiger partial charge in [0.25, 0.3) is 5.56 Å². The summed E-state index contributed by atoms with van der Waals surface area (Å²) in [7, 11) is 1.63. The van der Waals surface area contributed by atoms with E-state index in [4.69, 9.17) is 9.47 Å². The second kappa shape index (κ2) is 12.0. The molecule has 2 aromatic carbocycles. The summed E-state index contributed by atoms with van der Waals surface area (Å²) < 4.78 is 11.9. The summed E-state index contributed by atoms with van der Waals surface area (Å²) in [6.45, 7) is 8.91. The molecule has 1 N–H and O–H groups in total. The number of benzene rings is 2. The van der Waals surface area contributed by atoms with E-state index in [1.165, 1.54) is 4.68 Å². The Balaban J connectivity index is 1.73. The summed E-state index contributed by atoms with van der Waals surface area (Å²) in [6.07, 6.45) is 0.656. The van der Waals surface area contributed by atoms with Gasteiger partial charge in [-0.15, -0.1) is 5.10 Å². The molecule has 0 saturated heterocycles. The molecule has 1 atom stereocenters. The van der Waals surface area contributed by atoms with Gasteiger partial charge in [-0.1, -0.05) is 30.7 Å². The van der Waals surface area contributed by atoms with Crippen molar-refractivity contribution in [1.29, 1.82) is 0 Å². The molecule has 10 heteroatoms. The van der Waals surface area contributed by atoms with Crippen LogP contribution >= 0.6 is 0 Å². The van der Waals surface area contributed by atoms with E-state index in [0.717, 1.165) is 33.3 Å². The lowest BCUT2D eigenvalue weighted by molar-refractivity contribution is -0.144. The first kappa shape index (κ1) is 27.0. The van der Waals surface area contributed by atoms with Gasteiger partial charge in [-0.2, -0.15) is 0 Å². The number of aryl methyl sites for hydroxylation is 2. The first-order chi connectivity index (χ1) is 18.3. The predicted molar refractivity (Wildman–Crippen MR) is 144 cm³/mol. The van der Waals surface area contributed by atoms with Crippen molar-refractivity contribution in [3.8, 4) is 5.75 Å². The van der Waals surface area contributed by atoms with Gasteiger partial charge in [0.2, 0.25) is 0 Å². The molecule has 200 valence electrons. The minimum Gasteiger partial charge on any atom is -0.497 e. The standard InChI is InChI=1S/C28H34N6O4/c1-6-24(27-30-31-32-34(27)17-25(35)38-7-2)33(15-20-8-10-23(37-5)11-9-20)16-22-14-21-13-18(3)12-19(4)26(21)29-28(22)36/h8-14,24H,6-7,15-17H2,1-5H3,(H,29,36)/t24-/m1/s1. The van der Waals surface area contributed by atoms with Crippen LogP contribution in [-0.2, 0) is 29.2 Å². The van der Waals surface area contributed by atoms with Gasteiger partial charge in [-0.3, -0.25) is 14.5 Å². The number of tetrazole rings is 1. The number of nitrogens with one attached hydrogen (secondary N) is 1. The van der Waals surface area contributed by atoms with Crippen molar-refractivity contribution >= 4 is 16.9 Å². The fourth-order valence-electron chi connectivity index (χ4n) is 4.81. The molecule has 0 aliphatic rings. The molecule has 0 amide bonds. The highest BCUT2D eigenvalue weighted by atomic mass is 16.5. The molecule has 0 unspecified atom stereocenters. The number of fused-ring (bicyclic) bond motifs is 1. The van der Waals surface area contributed by atoms with Crippen molar-refractivity contribution in [2.75, 3.05) is 13.7 Å². The van der Waals surface area contributed by atoms with Crippen molar-refractivity contribution in [2.24, 2.45) is 0 Å². The maximum Gasteiger partial charge on any atom is 0.327 e. The first-order valence-corrected chi connectivity index (χ1v) is 12.7. The molecule has 0 aliphatic carbocycles. The molecule has 0 spiro atoms. The number of aromatic nitrogens is 5. The molecule has 10 nitrogen and oxygen atoms in total. The van der Waals surface area contributed by atoms with Gasteiger partial charge >= 0.3 is 5.97 Å². The zero-order chi connectivity index (χ0) is 27.2. The number of H-pyrrole nitrogens is 1. The van der Waals surface area contributed by atoms with Crippen molar-refractivity contribution in [3.05, 3.63) is 80.9 Å². The number of hydrogen-bond donors (Lipinski definition) is 1. The Labute approximate surface area is 221 Å². The normalized spacial score (nSPS) is 12.2. The topological polar surface area (TPSA) is 115 Å². The molecule has 0 radical (unpaired) electrons. The van der Waals surface area contributed by atoms with Crippen molar-refractivity contribution in [2.45, 2.75) is 59.8 Å². The molecule has 0 saturated carbocycles. The van der Waals surface area contributed by atoms with E-state index >= 15 is 0 Å². The number of hydrogen-bond acceptors (Lipinski definition) is 8. The van der Waals surface area contributed by atoms with E-state index in [1.807, 2.05) is 51.1 Å². The second-order valence-corrected chi connectivity index (χ2v) is 9.35. The molecule has 0 aliphatic heterocycles. The summed E-state index contributed by atoms with van der Waals surface area (Å²) in [4.78, 5) is 30.7. The van der Waals surface area contributed by atoms with Gasteiger partial charge in [-0.05, 0) is 78.4 Å². The van der Waals surface area contributed by atoms with Gasteiger partial charge in [0, 0.05) is 18.7 Å². The average molecular weight is 519 g/mol. The Morgan fingerprint density at radius 3 is 2.55 bits per heavy atom. The number of rotatable bonds is 11. The van der Waals surface area contributed by atoms with Gasteiger partial charge in [0.15, 0.2) is 5.82 Å². The van der Waals surface area contributed by atoms with Crippen LogP contribution in [0.15, 0.2) is 47.3 Å². The number of aromatic amines is 1. The number of pyridine rings is 1. The van der Waals surface area contributed by atoms with Crippen LogP contribution in [0, 0.1) is 13.8 Å². The third-order valence-corrected chi connectivity index (χ3v) is 6.56. The highest BCUT2D eigenvalue weighted by molar-refractivity contribution is 5.82. The van der Waals surface area contributed by atoms with Crippen LogP contribution in [0.2, 0.25) is 0 Å². The van der Waals surface area contributed by atoms with E-state index in [1.54, 1.807) is 14.0 Å². The Hall–Kier alpha value is -4.05. The third-order valence-electron chi connectivity index (χ3n) is 6.56. The minimum absolute atomic E-state index is 0.0852. The third kappa shape index (κ3) is 6.08. The number of carbonyl (C=O) groups is 1. The Bertz CT molecular complexity index is 1460. The van der Waals surface area contributed by atoms with Gasteiger partial charge in [0.1, 0.15) is 12.3 Å². The van der Waals surface area contributed by atoms with Crippen LogP contribution in [0.1, 0.15) is 54.4 Å². The van der Waals surface area contributed by atoms with E-state index in [2.05, 4.69) is 37.5 Å². The first-order valence-electron chi connectivity index (χ1n) is 12.7. The predicted octanol–water partition coefficient (Wildman–Crippen LogP) is 3.86. The molecule has 4 aromatic rings. The van der Waals surface area contributed by atoms with Crippen LogP contribution in [0.3, 0.4) is 0 Å². The fourth-order valence-corrected chi connectivity index (χ4v) is 4.81. The summed E-state index contributed by atoms with van der Waals surface area (Å²) in [5.41, 5.74) is 4.55.